The minimum Gasteiger partial charge on any atom is -0.391 e. The predicted octanol–water partition coefficient (Wildman–Crippen LogP) is 0.672. The van der Waals surface area contributed by atoms with Gasteiger partial charge in [-0.2, -0.15) is 0 Å². The van der Waals surface area contributed by atoms with E-state index in [1.54, 1.807) is 11.8 Å². The van der Waals surface area contributed by atoms with Crippen molar-refractivity contribution in [3.05, 3.63) is 0 Å². The van der Waals surface area contributed by atoms with Gasteiger partial charge < -0.3 is 10.8 Å². The topological polar surface area (TPSA) is 72.0 Å². The summed E-state index contributed by atoms with van der Waals surface area (Å²) in [5.74, 6) is 0.583. The van der Waals surface area contributed by atoms with Crippen LogP contribution in [-0.4, -0.2) is 40.0 Å². The minimum absolute atomic E-state index is 0.293. The lowest BCUT2D eigenvalue weighted by atomic mass is 10.4. The van der Waals surface area contributed by atoms with Crippen molar-refractivity contribution < 1.29 is 5.11 Å². The largest absolute Gasteiger partial charge is 0.391 e. The molecule has 0 aliphatic rings. The molecule has 0 fully saturated rings. The number of nitrogens with zero attached hydrogens (tertiary/aromatic N) is 2. The molecule has 7 heteroatoms. The molecule has 74 valence electrons. The zero-order valence-corrected chi connectivity index (χ0v) is 9.58. The van der Waals surface area contributed by atoms with Crippen LogP contribution in [0.3, 0.4) is 0 Å². The van der Waals surface area contributed by atoms with Crippen molar-refractivity contribution in [1.82, 2.24) is 10.2 Å². The van der Waals surface area contributed by atoms with Crippen molar-refractivity contribution in [1.29, 1.82) is 0 Å². The molecule has 1 aromatic heterocycles. The zero-order chi connectivity index (χ0) is 9.68. The number of rotatable bonds is 5. The molecular weight excluding hydrogens is 226 g/mol. The smallest absolute Gasteiger partial charge is 0.175 e. The second-order valence-electron chi connectivity index (χ2n) is 2.24. The molecule has 3 N–H and O–H groups in total. The third-order valence-corrected chi connectivity index (χ3v) is 4.41. The highest BCUT2D eigenvalue weighted by atomic mass is 32.2. The lowest BCUT2D eigenvalue weighted by molar-refractivity contribution is 0.208. The van der Waals surface area contributed by atoms with E-state index in [1.165, 1.54) is 23.1 Å². The summed E-state index contributed by atoms with van der Waals surface area (Å²) in [6.45, 7) is 0.293. The van der Waals surface area contributed by atoms with E-state index in [9.17, 15) is 5.11 Å². The van der Waals surface area contributed by atoms with Crippen LogP contribution in [0.1, 0.15) is 0 Å². The third kappa shape index (κ3) is 3.82. The van der Waals surface area contributed by atoms with Gasteiger partial charge in [-0.05, 0) is 6.26 Å². The lowest BCUT2D eigenvalue weighted by Gasteiger charge is -2.03. The highest BCUT2D eigenvalue weighted by molar-refractivity contribution is 8.02. The van der Waals surface area contributed by atoms with Gasteiger partial charge in [0.05, 0.1) is 6.10 Å². The number of aliphatic hydroxyl groups is 1. The van der Waals surface area contributed by atoms with Gasteiger partial charge in [0.25, 0.3) is 0 Å². The van der Waals surface area contributed by atoms with E-state index in [-0.39, 0.29) is 0 Å². The van der Waals surface area contributed by atoms with E-state index in [2.05, 4.69) is 10.2 Å². The van der Waals surface area contributed by atoms with Crippen molar-refractivity contribution in [3.8, 4) is 0 Å². The van der Waals surface area contributed by atoms with E-state index >= 15 is 0 Å². The Morgan fingerprint density at radius 3 is 2.77 bits per heavy atom. The summed E-state index contributed by atoms with van der Waals surface area (Å²) in [5.41, 5.74) is 5.27. The molecule has 0 aliphatic heterocycles. The normalized spacial score (nSPS) is 13.2. The monoisotopic (exact) mass is 237 g/mol. The summed E-state index contributed by atoms with van der Waals surface area (Å²) in [5, 5.41) is 17.1. The Labute approximate surface area is 89.3 Å². The van der Waals surface area contributed by atoms with Crippen molar-refractivity contribution >= 4 is 34.9 Å². The van der Waals surface area contributed by atoms with Gasteiger partial charge >= 0.3 is 0 Å². The summed E-state index contributed by atoms with van der Waals surface area (Å²) in [6.07, 6.45) is 1.51. The summed E-state index contributed by atoms with van der Waals surface area (Å²) < 4.78 is 1.83. The Balaban J connectivity index is 2.36. The van der Waals surface area contributed by atoms with Crippen molar-refractivity contribution in [2.24, 2.45) is 5.73 Å². The molecule has 0 amide bonds. The summed E-state index contributed by atoms with van der Waals surface area (Å²) in [7, 11) is 0. The van der Waals surface area contributed by atoms with Crippen LogP contribution >= 0.6 is 34.9 Å². The Morgan fingerprint density at radius 2 is 2.23 bits per heavy atom. The number of thioether (sulfide) groups is 2. The van der Waals surface area contributed by atoms with Crippen LogP contribution < -0.4 is 5.73 Å². The fraction of sp³-hybridized carbons (Fsp3) is 0.667. The number of aliphatic hydroxyl groups excluding tert-OH is 1. The van der Waals surface area contributed by atoms with Crippen LogP contribution in [0.4, 0.5) is 0 Å². The first-order chi connectivity index (χ1) is 6.26. The Bertz CT molecular complexity index is 255. The molecule has 0 bridgehead atoms. The first kappa shape index (κ1) is 11.3. The molecule has 1 aromatic rings. The molecule has 0 radical (unpaired) electrons. The fourth-order valence-corrected chi connectivity index (χ4v) is 2.98. The molecule has 4 nitrogen and oxygen atoms in total. The van der Waals surface area contributed by atoms with Crippen LogP contribution in [-0.2, 0) is 0 Å². The van der Waals surface area contributed by atoms with Gasteiger partial charge in [-0.3, -0.25) is 0 Å². The standard InChI is InChI=1S/C6H11N3OS3/c1-11-5-8-9-6(13-5)12-3-4(10)2-7/h4,10H,2-3,7H2,1H3. The molecule has 0 spiro atoms. The van der Waals surface area contributed by atoms with E-state index in [4.69, 9.17) is 5.73 Å². The summed E-state index contributed by atoms with van der Waals surface area (Å²) in [6, 6.07) is 0. The third-order valence-electron chi connectivity index (χ3n) is 1.23. The molecule has 0 aliphatic carbocycles. The molecule has 1 heterocycles. The molecule has 13 heavy (non-hydrogen) atoms. The zero-order valence-electron chi connectivity index (χ0n) is 7.14. The van der Waals surface area contributed by atoms with Gasteiger partial charge in [-0.15, -0.1) is 10.2 Å². The summed E-state index contributed by atoms with van der Waals surface area (Å²) >= 11 is 4.60. The first-order valence-corrected chi connectivity index (χ1v) is 6.67. The van der Waals surface area contributed by atoms with E-state index in [0.29, 0.717) is 12.3 Å². The Kier molecular flexibility index (Phi) is 5.04. The lowest BCUT2D eigenvalue weighted by Crippen LogP contribution is -2.21. The highest BCUT2D eigenvalue weighted by Gasteiger charge is 2.06. The second-order valence-corrected chi connectivity index (χ2v) is 5.54. The summed E-state index contributed by atoms with van der Waals surface area (Å²) in [4.78, 5) is 0. The molecule has 1 atom stereocenters. The van der Waals surface area contributed by atoms with E-state index in [1.807, 2.05) is 6.26 Å². The average molecular weight is 237 g/mol. The van der Waals surface area contributed by atoms with Gasteiger partial charge in [0.2, 0.25) is 0 Å². The van der Waals surface area contributed by atoms with Gasteiger partial charge in [-0.1, -0.05) is 34.9 Å². The predicted molar refractivity (Wildman–Crippen MR) is 57.5 cm³/mol. The quantitative estimate of drug-likeness (QED) is 0.734. The van der Waals surface area contributed by atoms with Gasteiger partial charge in [0.1, 0.15) is 0 Å². The molecule has 0 saturated carbocycles. The Hall–Kier alpha value is 0.180. The van der Waals surface area contributed by atoms with Gasteiger partial charge in [0, 0.05) is 12.3 Å². The number of aromatic nitrogens is 2. The number of nitrogens with two attached hydrogens (primary N) is 1. The second kappa shape index (κ2) is 5.82. The molecule has 0 aromatic carbocycles. The van der Waals surface area contributed by atoms with Crippen LogP contribution in [0.15, 0.2) is 8.68 Å². The Morgan fingerprint density at radius 1 is 1.54 bits per heavy atom. The SMILES string of the molecule is CSc1nnc(SCC(O)CN)s1. The maximum Gasteiger partial charge on any atom is 0.175 e. The first-order valence-electron chi connectivity index (χ1n) is 3.64. The highest BCUT2D eigenvalue weighted by Crippen LogP contribution is 2.27. The molecule has 1 unspecified atom stereocenters. The fourth-order valence-electron chi connectivity index (χ4n) is 0.574. The van der Waals surface area contributed by atoms with E-state index in [0.717, 1.165) is 8.68 Å². The van der Waals surface area contributed by atoms with Crippen LogP contribution in [0.5, 0.6) is 0 Å². The molecule has 1 rings (SSSR count). The van der Waals surface area contributed by atoms with Gasteiger partial charge in [0.15, 0.2) is 8.68 Å². The van der Waals surface area contributed by atoms with Crippen LogP contribution in [0.2, 0.25) is 0 Å². The van der Waals surface area contributed by atoms with Crippen molar-refractivity contribution in [3.63, 3.8) is 0 Å². The maximum absolute atomic E-state index is 9.19. The van der Waals surface area contributed by atoms with Crippen molar-refractivity contribution in [2.75, 3.05) is 18.6 Å². The number of hydrogen-bond donors (Lipinski definition) is 2. The van der Waals surface area contributed by atoms with Crippen LogP contribution in [0, 0.1) is 0 Å². The van der Waals surface area contributed by atoms with Gasteiger partial charge in [-0.25, -0.2) is 0 Å². The average Bonchev–Trinajstić information content (AvgIpc) is 2.61. The number of hydrogen-bond acceptors (Lipinski definition) is 7. The van der Waals surface area contributed by atoms with E-state index < -0.39 is 6.10 Å². The van der Waals surface area contributed by atoms with Crippen LogP contribution in [0.25, 0.3) is 0 Å². The van der Waals surface area contributed by atoms with Crippen molar-refractivity contribution in [2.45, 2.75) is 14.8 Å². The maximum atomic E-state index is 9.19. The molecular formula is C6H11N3OS3. The molecule has 0 saturated heterocycles. The minimum atomic E-state index is -0.452.